The molecule has 0 aliphatic carbocycles. The number of nitrogens with one attached hydrogen (secondary N) is 2. The van der Waals surface area contributed by atoms with Crippen LogP contribution in [0.5, 0.6) is 0 Å². The Kier molecular flexibility index (Phi) is 2.53. The van der Waals surface area contributed by atoms with Gasteiger partial charge in [-0.05, 0) is 31.0 Å². The highest BCUT2D eigenvalue weighted by Crippen LogP contribution is 2.26. The molecule has 3 rings (SSSR count). The summed E-state index contributed by atoms with van der Waals surface area (Å²) < 4.78 is 0. The minimum absolute atomic E-state index is 0.186. The van der Waals surface area contributed by atoms with Crippen LogP contribution in [0.1, 0.15) is 11.1 Å². The van der Waals surface area contributed by atoms with Gasteiger partial charge >= 0.3 is 6.03 Å². The number of aryl methyl sites for hydroxylation is 1. The number of carbonyl (C=O) groups excluding carboxylic acids is 2. The first-order valence-corrected chi connectivity index (χ1v) is 6.01. The highest BCUT2D eigenvalue weighted by Gasteiger charge is 2.40. The molecule has 3 amide bonds. The lowest BCUT2D eigenvalue weighted by Crippen LogP contribution is -2.51. The van der Waals surface area contributed by atoms with Gasteiger partial charge in [-0.3, -0.25) is 20.0 Å². The molecule has 1 saturated heterocycles. The van der Waals surface area contributed by atoms with E-state index in [1.54, 1.807) is 17.3 Å². The molecule has 1 atom stereocenters. The van der Waals surface area contributed by atoms with Crippen LogP contribution in [-0.2, 0) is 4.79 Å². The lowest BCUT2D eigenvalue weighted by Gasteiger charge is -2.30. The zero-order valence-corrected chi connectivity index (χ0v) is 10.7. The molecule has 2 aliphatic rings. The molecular formula is C13H14N4O2. The van der Waals surface area contributed by atoms with Gasteiger partial charge in [-0.1, -0.05) is 12.1 Å². The summed E-state index contributed by atoms with van der Waals surface area (Å²) in [5.41, 5.74) is 8.11. The molecule has 1 fully saturated rings. The average Bonchev–Trinajstić information content (AvgIpc) is 2.77. The van der Waals surface area contributed by atoms with Crippen molar-refractivity contribution in [2.24, 2.45) is 0 Å². The van der Waals surface area contributed by atoms with Crippen molar-refractivity contribution in [3.8, 4) is 0 Å². The van der Waals surface area contributed by atoms with E-state index in [0.29, 0.717) is 0 Å². The lowest BCUT2D eigenvalue weighted by atomic mass is 10.1. The molecule has 2 aliphatic heterocycles. The minimum Gasteiger partial charge on any atom is -0.283 e. The molecule has 0 aromatic heterocycles. The van der Waals surface area contributed by atoms with E-state index in [1.807, 2.05) is 32.0 Å². The average molecular weight is 258 g/mol. The monoisotopic (exact) mass is 258 g/mol. The topological polar surface area (TPSA) is 64.7 Å². The number of rotatable bonds is 1. The summed E-state index contributed by atoms with van der Waals surface area (Å²) >= 11 is 0. The van der Waals surface area contributed by atoms with Gasteiger partial charge in [0, 0.05) is 12.4 Å². The molecule has 2 N–H and O–H groups in total. The van der Waals surface area contributed by atoms with Crippen LogP contribution in [0.2, 0.25) is 0 Å². The van der Waals surface area contributed by atoms with E-state index in [-0.39, 0.29) is 11.9 Å². The number of hydrazine groups is 1. The summed E-state index contributed by atoms with van der Waals surface area (Å²) in [5, 5.41) is 0. The predicted octanol–water partition coefficient (Wildman–Crippen LogP) is 0.977. The Morgan fingerprint density at radius 3 is 2.74 bits per heavy atom. The van der Waals surface area contributed by atoms with Crippen LogP contribution in [0, 0.1) is 13.8 Å². The largest absolute Gasteiger partial charge is 0.337 e. The van der Waals surface area contributed by atoms with Crippen molar-refractivity contribution in [1.82, 2.24) is 15.8 Å². The van der Waals surface area contributed by atoms with Crippen molar-refractivity contribution in [2.45, 2.75) is 20.0 Å². The predicted molar refractivity (Wildman–Crippen MR) is 69.8 cm³/mol. The van der Waals surface area contributed by atoms with E-state index in [0.717, 1.165) is 16.8 Å². The molecule has 19 heavy (non-hydrogen) atoms. The number of carbonyl (C=O) groups is 2. The molecule has 1 unspecified atom stereocenters. The molecule has 0 saturated carbocycles. The number of fused-ring (bicyclic) bond motifs is 1. The maximum Gasteiger partial charge on any atom is 0.337 e. The fraction of sp³-hybridized carbons (Fsp3) is 0.231. The Morgan fingerprint density at radius 2 is 1.95 bits per heavy atom. The normalized spacial score (nSPS) is 21.7. The second-order valence-electron chi connectivity index (χ2n) is 4.61. The Labute approximate surface area is 110 Å². The summed E-state index contributed by atoms with van der Waals surface area (Å²) in [4.78, 5) is 26.7. The van der Waals surface area contributed by atoms with Gasteiger partial charge in [0.15, 0.2) is 6.17 Å². The molecule has 2 heterocycles. The van der Waals surface area contributed by atoms with Crippen LogP contribution in [0.25, 0.3) is 0 Å². The third kappa shape index (κ3) is 1.68. The molecule has 1 aromatic carbocycles. The fourth-order valence-corrected chi connectivity index (χ4v) is 2.26. The number of amides is 3. The van der Waals surface area contributed by atoms with Crippen molar-refractivity contribution in [2.75, 3.05) is 4.90 Å². The first-order chi connectivity index (χ1) is 9.09. The fourth-order valence-electron chi connectivity index (χ4n) is 2.26. The Balaban J connectivity index is 2.01. The third-order valence-corrected chi connectivity index (χ3v) is 3.51. The van der Waals surface area contributed by atoms with Gasteiger partial charge in [0.1, 0.15) is 0 Å². The number of nitrogens with zero attached hydrogens (tertiary/aromatic N) is 2. The zero-order chi connectivity index (χ0) is 13.6. The van der Waals surface area contributed by atoms with Crippen molar-refractivity contribution < 1.29 is 9.59 Å². The van der Waals surface area contributed by atoms with E-state index in [9.17, 15) is 9.59 Å². The second-order valence-corrected chi connectivity index (χ2v) is 4.61. The Morgan fingerprint density at radius 1 is 1.16 bits per heavy atom. The van der Waals surface area contributed by atoms with Gasteiger partial charge in [0.05, 0.1) is 5.69 Å². The van der Waals surface area contributed by atoms with Crippen molar-refractivity contribution in [3.05, 3.63) is 41.7 Å². The first kappa shape index (κ1) is 11.7. The van der Waals surface area contributed by atoms with Crippen LogP contribution in [0.3, 0.4) is 0 Å². The number of hydrogen-bond acceptors (Lipinski definition) is 3. The van der Waals surface area contributed by atoms with E-state index >= 15 is 0 Å². The SMILES string of the molecule is Cc1cccc(N2C=CN3C(=O)NNC3C2=O)c1C. The quantitative estimate of drug-likeness (QED) is 0.789. The summed E-state index contributed by atoms with van der Waals surface area (Å²) in [6.07, 6.45) is 2.54. The summed E-state index contributed by atoms with van der Waals surface area (Å²) in [6.45, 7) is 3.98. The van der Waals surface area contributed by atoms with Crippen LogP contribution >= 0.6 is 0 Å². The lowest BCUT2D eigenvalue weighted by molar-refractivity contribution is -0.122. The van der Waals surface area contributed by atoms with Crippen molar-refractivity contribution in [1.29, 1.82) is 0 Å². The molecule has 1 aromatic rings. The molecular weight excluding hydrogens is 244 g/mol. The van der Waals surface area contributed by atoms with Crippen LogP contribution in [-0.4, -0.2) is 23.0 Å². The molecule has 0 radical (unpaired) electrons. The molecule has 0 bridgehead atoms. The molecule has 6 nitrogen and oxygen atoms in total. The molecule has 6 heteroatoms. The smallest absolute Gasteiger partial charge is 0.283 e. The van der Waals surface area contributed by atoms with Gasteiger partial charge in [0.25, 0.3) is 5.91 Å². The van der Waals surface area contributed by atoms with Gasteiger partial charge in [-0.2, -0.15) is 0 Å². The number of benzene rings is 1. The highest BCUT2D eigenvalue weighted by molar-refractivity contribution is 6.03. The van der Waals surface area contributed by atoms with Crippen LogP contribution < -0.4 is 15.8 Å². The van der Waals surface area contributed by atoms with Crippen LogP contribution in [0.4, 0.5) is 10.5 Å². The molecule has 0 spiro atoms. The van der Waals surface area contributed by atoms with E-state index in [2.05, 4.69) is 10.9 Å². The Bertz CT molecular complexity index is 596. The number of urea groups is 1. The number of anilines is 1. The van der Waals surface area contributed by atoms with Gasteiger partial charge in [-0.15, -0.1) is 0 Å². The minimum atomic E-state index is -0.683. The first-order valence-electron chi connectivity index (χ1n) is 6.01. The maximum absolute atomic E-state index is 12.4. The van der Waals surface area contributed by atoms with Gasteiger partial charge in [0.2, 0.25) is 0 Å². The summed E-state index contributed by atoms with van der Waals surface area (Å²) in [6, 6.07) is 5.48. The third-order valence-electron chi connectivity index (χ3n) is 3.51. The van der Waals surface area contributed by atoms with E-state index in [1.165, 1.54) is 4.90 Å². The van der Waals surface area contributed by atoms with Crippen molar-refractivity contribution in [3.63, 3.8) is 0 Å². The maximum atomic E-state index is 12.4. The Hall–Kier alpha value is -2.34. The van der Waals surface area contributed by atoms with Crippen LogP contribution in [0.15, 0.2) is 30.6 Å². The zero-order valence-electron chi connectivity index (χ0n) is 10.7. The van der Waals surface area contributed by atoms with Gasteiger partial charge in [-0.25, -0.2) is 10.2 Å². The van der Waals surface area contributed by atoms with Crippen molar-refractivity contribution >= 4 is 17.6 Å². The standard InChI is InChI=1S/C13H14N4O2/c1-8-4-3-5-10(9(8)2)16-6-7-17-11(12(16)18)14-15-13(17)19/h3-7,11,14H,1-2H3,(H,15,19). The number of hydrogen-bond donors (Lipinski definition) is 2. The van der Waals surface area contributed by atoms with Gasteiger partial charge < -0.3 is 0 Å². The second kappa shape index (κ2) is 4.10. The molecule has 98 valence electrons. The van der Waals surface area contributed by atoms with E-state index in [4.69, 9.17) is 0 Å². The summed E-state index contributed by atoms with van der Waals surface area (Å²) in [5.74, 6) is -0.186. The highest BCUT2D eigenvalue weighted by atomic mass is 16.2. The summed E-state index contributed by atoms with van der Waals surface area (Å²) in [7, 11) is 0. The van der Waals surface area contributed by atoms with E-state index < -0.39 is 6.17 Å².